The fraction of sp³-hybridized carbons (Fsp3) is 0.176. The number of hydrogen-bond donors (Lipinski definition) is 0. The number of nitrogens with zero attached hydrogens (tertiary/aromatic N) is 5. The molecule has 6 nitrogen and oxygen atoms in total. The van der Waals surface area contributed by atoms with Gasteiger partial charge >= 0.3 is 0 Å². The molecule has 1 aromatic carbocycles. The molecule has 1 aliphatic rings. The van der Waals surface area contributed by atoms with Gasteiger partial charge in [0.05, 0.1) is 11.3 Å². The maximum Gasteiger partial charge on any atom is 0.256 e. The molecule has 23 heavy (non-hydrogen) atoms. The molecule has 1 fully saturated rings. The van der Waals surface area contributed by atoms with Crippen molar-refractivity contribution in [1.29, 1.82) is 0 Å². The standard InChI is InChI=1S/C17H15N5O/c23-17(21-9-14(10-21)13-4-3-7-18-8-13)15-5-1-2-6-16(15)22-12-19-11-20-22/h1-8,11-12,14H,9-10H2. The molecule has 0 N–H and O–H groups in total. The second kappa shape index (κ2) is 5.64. The van der Waals surface area contributed by atoms with Crippen LogP contribution in [0.15, 0.2) is 61.4 Å². The Kier molecular flexibility index (Phi) is 3.34. The summed E-state index contributed by atoms with van der Waals surface area (Å²) in [5, 5.41) is 4.12. The molecule has 6 heteroatoms. The van der Waals surface area contributed by atoms with Gasteiger partial charge in [-0.3, -0.25) is 9.78 Å². The zero-order valence-corrected chi connectivity index (χ0v) is 12.4. The van der Waals surface area contributed by atoms with Crippen molar-refractivity contribution in [2.45, 2.75) is 5.92 Å². The Labute approximate surface area is 133 Å². The van der Waals surface area contributed by atoms with Crippen LogP contribution in [-0.4, -0.2) is 43.6 Å². The Hall–Kier alpha value is -3.02. The van der Waals surface area contributed by atoms with Crippen molar-refractivity contribution in [3.63, 3.8) is 0 Å². The van der Waals surface area contributed by atoms with Crippen LogP contribution < -0.4 is 0 Å². The summed E-state index contributed by atoms with van der Waals surface area (Å²) < 4.78 is 1.62. The van der Waals surface area contributed by atoms with E-state index in [1.54, 1.807) is 17.2 Å². The van der Waals surface area contributed by atoms with E-state index in [-0.39, 0.29) is 5.91 Å². The normalized spacial score (nSPS) is 14.5. The Morgan fingerprint density at radius 3 is 2.70 bits per heavy atom. The van der Waals surface area contributed by atoms with Crippen molar-refractivity contribution in [2.24, 2.45) is 0 Å². The minimum absolute atomic E-state index is 0.0243. The smallest absolute Gasteiger partial charge is 0.256 e. The molecule has 0 atom stereocenters. The van der Waals surface area contributed by atoms with Gasteiger partial charge in [0.25, 0.3) is 5.91 Å². The first-order valence-corrected chi connectivity index (χ1v) is 7.46. The molecule has 114 valence electrons. The maximum absolute atomic E-state index is 12.8. The number of carbonyl (C=O) groups is 1. The summed E-state index contributed by atoms with van der Waals surface area (Å²) >= 11 is 0. The van der Waals surface area contributed by atoms with Crippen LogP contribution in [0.1, 0.15) is 21.8 Å². The van der Waals surface area contributed by atoms with Gasteiger partial charge in [-0.15, -0.1) is 0 Å². The Bertz CT molecular complexity index is 810. The summed E-state index contributed by atoms with van der Waals surface area (Å²) in [5.41, 5.74) is 2.57. The van der Waals surface area contributed by atoms with E-state index in [1.807, 2.05) is 41.4 Å². The zero-order valence-electron chi connectivity index (χ0n) is 12.4. The maximum atomic E-state index is 12.8. The zero-order chi connectivity index (χ0) is 15.6. The number of pyridine rings is 1. The molecule has 0 bridgehead atoms. The third-order valence-corrected chi connectivity index (χ3v) is 4.12. The lowest BCUT2D eigenvalue weighted by Gasteiger charge is -2.39. The van der Waals surface area contributed by atoms with Gasteiger partial charge in [-0.05, 0) is 23.8 Å². The van der Waals surface area contributed by atoms with Crippen molar-refractivity contribution in [2.75, 3.05) is 13.1 Å². The highest BCUT2D eigenvalue weighted by atomic mass is 16.2. The molecular weight excluding hydrogens is 290 g/mol. The third-order valence-electron chi connectivity index (χ3n) is 4.12. The summed E-state index contributed by atoms with van der Waals surface area (Å²) in [6, 6.07) is 11.5. The molecule has 1 aliphatic heterocycles. The molecule has 1 saturated heterocycles. The van der Waals surface area contributed by atoms with Crippen molar-refractivity contribution < 1.29 is 4.79 Å². The Morgan fingerprint density at radius 1 is 1.09 bits per heavy atom. The van der Waals surface area contributed by atoms with E-state index < -0.39 is 0 Å². The topological polar surface area (TPSA) is 63.9 Å². The third kappa shape index (κ3) is 2.48. The highest BCUT2D eigenvalue weighted by Gasteiger charge is 2.33. The summed E-state index contributed by atoms with van der Waals surface area (Å²) in [5.74, 6) is 0.391. The summed E-state index contributed by atoms with van der Waals surface area (Å²) in [7, 11) is 0. The van der Waals surface area contributed by atoms with Crippen LogP contribution in [0.5, 0.6) is 0 Å². The van der Waals surface area contributed by atoms with E-state index in [0.717, 1.165) is 18.8 Å². The van der Waals surface area contributed by atoms with Crippen LogP contribution in [0.4, 0.5) is 0 Å². The molecule has 0 aliphatic carbocycles. The molecule has 0 radical (unpaired) electrons. The second-order valence-corrected chi connectivity index (χ2v) is 5.55. The predicted molar refractivity (Wildman–Crippen MR) is 84.2 cm³/mol. The largest absolute Gasteiger partial charge is 0.337 e. The van der Waals surface area contributed by atoms with E-state index in [2.05, 4.69) is 21.1 Å². The number of hydrogen-bond acceptors (Lipinski definition) is 4. The Balaban J connectivity index is 1.53. The Morgan fingerprint density at radius 2 is 1.96 bits per heavy atom. The van der Waals surface area contributed by atoms with Gasteiger partial charge in [-0.1, -0.05) is 18.2 Å². The summed E-state index contributed by atoms with van der Waals surface area (Å²) in [6.07, 6.45) is 6.69. The minimum Gasteiger partial charge on any atom is -0.337 e. The highest BCUT2D eigenvalue weighted by molar-refractivity contribution is 5.98. The van der Waals surface area contributed by atoms with Crippen molar-refractivity contribution in [1.82, 2.24) is 24.6 Å². The lowest BCUT2D eigenvalue weighted by Crippen LogP contribution is -2.48. The van der Waals surface area contributed by atoms with Crippen molar-refractivity contribution in [3.05, 3.63) is 72.6 Å². The first-order valence-electron chi connectivity index (χ1n) is 7.46. The van der Waals surface area contributed by atoms with Gasteiger partial charge in [0.1, 0.15) is 12.7 Å². The van der Waals surface area contributed by atoms with Gasteiger partial charge in [0.2, 0.25) is 0 Å². The molecular formula is C17H15N5O. The average molecular weight is 305 g/mol. The van der Waals surface area contributed by atoms with Crippen LogP contribution in [0.3, 0.4) is 0 Å². The summed E-state index contributed by atoms with van der Waals surface area (Å²) in [4.78, 5) is 22.7. The predicted octanol–water partition coefficient (Wildman–Crippen LogP) is 1.90. The molecule has 3 heterocycles. The van der Waals surface area contributed by atoms with E-state index in [4.69, 9.17) is 0 Å². The van der Waals surface area contributed by atoms with Crippen LogP contribution in [-0.2, 0) is 0 Å². The van der Waals surface area contributed by atoms with Crippen LogP contribution in [0.2, 0.25) is 0 Å². The number of amides is 1. The van der Waals surface area contributed by atoms with Crippen molar-refractivity contribution in [3.8, 4) is 5.69 Å². The molecule has 0 spiro atoms. The van der Waals surface area contributed by atoms with Crippen LogP contribution >= 0.6 is 0 Å². The van der Waals surface area contributed by atoms with Gasteiger partial charge in [-0.25, -0.2) is 9.67 Å². The fourth-order valence-electron chi connectivity index (χ4n) is 2.83. The summed E-state index contributed by atoms with van der Waals surface area (Å²) in [6.45, 7) is 1.44. The number of carbonyl (C=O) groups excluding carboxylic acids is 1. The van der Waals surface area contributed by atoms with Gasteiger partial charge in [0.15, 0.2) is 0 Å². The highest BCUT2D eigenvalue weighted by Crippen LogP contribution is 2.28. The number of likely N-dealkylation sites (tertiary alicyclic amines) is 1. The minimum atomic E-state index is 0.0243. The SMILES string of the molecule is O=C(c1ccccc1-n1cncn1)N1CC(c2cccnc2)C1. The monoisotopic (exact) mass is 305 g/mol. The van der Waals surface area contributed by atoms with Gasteiger partial charge in [0, 0.05) is 31.4 Å². The molecule has 2 aromatic heterocycles. The van der Waals surface area contributed by atoms with Crippen molar-refractivity contribution >= 4 is 5.91 Å². The van der Waals surface area contributed by atoms with Crippen LogP contribution in [0, 0.1) is 0 Å². The number of para-hydroxylation sites is 1. The molecule has 0 unspecified atom stereocenters. The average Bonchev–Trinajstić information content (AvgIpc) is 3.09. The number of benzene rings is 1. The second-order valence-electron chi connectivity index (χ2n) is 5.55. The van der Waals surface area contributed by atoms with E-state index in [0.29, 0.717) is 11.5 Å². The lowest BCUT2D eigenvalue weighted by atomic mass is 9.92. The molecule has 4 rings (SSSR count). The van der Waals surface area contributed by atoms with E-state index >= 15 is 0 Å². The molecule has 0 saturated carbocycles. The molecule has 1 amide bonds. The first-order chi connectivity index (χ1) is 11.3. The lowest BCUT2D eigenvalue weighted by molar-refractivity contribution is 0.0602. The van der Waals surface area contributed by atoms with Crippen LogP contribution in [0.25, 0.3) is 5.69 Å². The first kappa shape index (κ1) is 13.6. The van der Waals surface area contributed by atoms with Gasteiger partial charge in [-0.2, -0.15) is 5.10 Å². The van der Waals surface area contributed by atoms with E-state index in [1.165, 1.54) is 11.9 Å². The number of aromatic nitrogens is 4. The molecule has 3 aromatic rings. The van der Waals surface area contributed by atoms with Gasteiger partial charge < -0.3 is 4.90 Å². The number of rotatable bonds is 3. The quantitative estimate of drug-likeness (QED) is 0.741. The van der Waals surface area contributed by atoms with E-state index in [9.17, 15) is 4.79 Å². The fourth-order valence-corrected chi connectivity index (χ4v) is 2.83.